The first-order valence-electron chi connectivity index (χ1n) is 9.92. The summed E-state index contributed by atoms with van der Waals surface area (Å²) in [6, 6.07) is 10.8. The Hall–Kier alpha value is -3.26. The van der Waals surface area contributed by atoms with Crippen molar-refractivity contribution in [3.8, 4) is 0 Å². The average molecular weight is 481 g/mol. The summed E-state index contributed by atoms with van der Waals surface area (Å²) in [4.78, 5) is 29.2. The number of hydrogen-bond acceptors (Lipinski definition) is 5. The van der Waals surface area contributed by atoms with Crippen LogP contribution in [0.15, 0.2) is 56.6 Å². The number of hydrogen-bond donors (Lipinski definition) is 2. The van der Waals surface area contributed by atoms with Gasteiger partial charge in [-0.1, -0.05) is 12.1 Å². The van der Waals surface area contributed by atoms with Gasteiger partial charge >= 0.3 is 0 Å². The highest BCUT2D eigenvalue weighted by Crippen LogP contribution is 2.31. The summed E-state index contributed by atoms with van der Waals surface area (Å²) in [5.74, 6) is 0.253. The Balaban J connectivity index is 1.58. The van der Waals surface area contributed by atoms with Gasteiger partial charge in [0.05, 0.1) is 11.4 Å². The third-order valence-electron chi connectivity index (χ3n) is 5.09. The lowest BCUT2D eigenvalue weighted by Crippen LogP contribution is -2.22. The lowest BCUT2D eigenvalue weighted by Gasteiger charge is -2.13. The maximum Gasteiger partial charge on any atom is 0.291 e. The maximum absolute atomic E-state index is 12.9. The van der Waals surface area contributed by atoms with E-state index in [9.17, 15) is 9.59 Å². The molecule has 3 aromatic rings. The molecule has 0 fully saturated rings. The van der Waals surface area contributed by atoms with E-state index in [2.05, 4.69) is 36.8 Å². The molecular formula is C23H21BrN4O3. The van der Waals surface area contributed by atoms with Gasteiger partial charge in [0.25, 0.3) is 11.8 Å². The molecule has 0 aliphatic heterocycles. The highest BCUT2D eigenvalue weighted by molar-refractivity contribution is 9.10. The number of benzene rings is 1. The van der Waals surface area contributed by atoms with Crippen molar-refractivity contribution in [2.45, 2.75) is 33.1 Å². The molecule has 8 heteroatoms. The SMILES string of the molecule is Cc1ccc(NC(=O)c2oc3c(c2C)/C(=N/NC(=O)c2ccccn2)CCC3)c(Br)c1. The van der Waals surface area contributed by atoms with Crippen molar-refractivity contribution in [2.24, 2.45) is 5.10 Å². The molecule has 0 unspecified atom stereocenters. The van der Waals surface area contributed by atoms with Crippen LogP contribution in [0.5, 0.6) is 0 Å². The first-order chi connectivity index (χ1) is 14.9. The Labute approximate surface area is 188 Å². The van der Waals surface area contributed by atoms with Gasteiger partial charge in [-0.3, -0.25) is 14.6 Å². The molecule has 158 valence electrons. The normalized spacial score (nSPS) is 14.2. The van der Waals surface area contributed by atoms with Crippen molar-refractivity contribution < 1.29 is 14.0 Å². The molecule has 2 N–H and O–H groups in total. The van der Waals surface area contributed by atoms with E-state index in [1.165, 1.54) is 0 Å². The molecule has 1 aliphatic rings. The number of halogens is 1. The van der Waals surface area contributed by atoms with Gasteiger partial charge in [0.15, 0.2) is 5.76 Å². The van der Waals surface area contributed by atoms with Crippen molar-refractivity contribution in [1.29, 1.82) is 0 Å². The number of furan rings is 1. The van der Waals surface area contributed by atoms with E-state index in [0.29, 0.717) is 35.6 Å². The number of aromatic nitrogens is 1. The molecule has 0 radical (unpaired) electrons. The first kappa shape index (κ1) is 21.0. The minimum absolute atomic E-state index is 0.253. The molecule has 2 heterocycles. The lowest BCUT2D eigenvalue weighted by atomic mass is 9.93. The largest absolute Gasteiger partial charge is 0.455 e. The summed E-state index contributed by atoms with van der Waals surface area (Å²) < 4.78 is 6.72. The van der Waals surface area contributed by atoms with E-state index in [1.54, 1.807) is 24.4 Å². The Bertz CT molecular complexity index is 1190. The van der Waals surface area contributed by atoms with Gasteiger partial charge in [0.1, 0.15) is 11.5 Å². The monoisotopic (exact) mass is 480 g/mol. The predicted octanol–water partition coefficient (Wildman–Crippen LogP) is 4.78. The van der Waals surface area contributed by atoms with Crippen LogP contribution in [-0.4, -0.2) is 22.5 Å². The summed E-state index contributed by atoms with van der Waals surface area (Å²) in [5, 5.41) is 7.21. The van der Waals surface area contributed by atoms with Crippen molar-refractivity contribution in [3.63, 3.8) is 0 Å². The van der Waals surface area contributed by atoms with Crippen LogP contribution < -0.4 is 10.7 Å². The zero-order chi connectivity index (χ0) is 22.0. The second kappa shape index (κ2) is 8.85. The van der Waals surface area contributed by atoms with E-state index in [-0.39, 0.29) is 23.3 Å². The fourth-order valence-electron chi connectivity index (χ4n) is 3.57. The summed E-state index contributed by atoms with van der Waals surface area (Å²) >= 11 is 3.48. The quantitative estimate of drug-likeness (QED) is 0.525. The predicted molar refractivity (Wildman–Crippen MR) is 121 cm³/mol. The summed E-state index contributed by atoms with van der Waals surface area (Å²) in [6.07, 6.45) is 3.77. The second-order valence-electron chi connectivity index (χ2n) is 7.36. The molecule has 0 atom stereocenters. The molecule has 2 amide bonds. The number of hydrazone groups is 1. The first-order valence-corrected chi connectivity index (χ1v) is 10.7. The fourth-order valence-corrected chi connectivity index (χ4v) is 4.16. The highest BCUT2D eigenvalue weighted by Gasteiger charge is 2.28. The van der Waals surface area contributed by atoms with E-state index in [4.69, 9.17) is 4.42 Å². The van der Waals surface area contributed by atoms with Gasteiger partial charge in [-0.25, -0.2) is 5.43 Å². The third-order valence-corrected chi connectivity index (χ3v) is 5.75. The number of aryl methyl sites for hydroxylation is 2. The van der Waals surface area contributed by atoms with Gasteiger partial charge in [-0.05, 0) is 72.4 Å². The van der Waals surface area contributed by atoms with Crippen molar-refractivity contribution in [3.05, 3.63) is 81.0 Å². The molecule has 0 saturated heterocycles. The second-order valence-corrected chi connectivity index (χ2v) is 8.21. The van der Waals surface area contributed by atoms with E-state index in [0.717, 1.165) is 22.0 Å². The van der Waals surface area contributed by atoms with Gasteiger partial charge < -0.3 is 9.73 Å². The summed E-state index contributed by atoms with van der Waals surface area (Å²) in [5.41, 5.74) is 6.81. The molecule has 0 spiro atoms. The number of fused-ring (bicyclic) bond motifs is 1. The molecule has 7 nitrogen and oxygen atoms in total. The molecule has 1 aromatic carbocycles. The van der Waals surface area contributed by atoms with Crippen molar-refractivity contribution in [1.82, 2.24) is 10.4 Å². The molecular weight excluding hydrogens is 460 g/mol. The molecule has 1 aliphatic carbocycles. The highest BCUT2D eigenvalue weighted by atomic mass is 79.9. The minimum Gasteiger partial charge on any atom is -0.455 e. The average Bonchev–Trinajstić information content (AvgIpc) is 3.12. The molecule has 0 bridgehead atoms. The third kappa shape index (κ3) is 4.44. The Morgan fingerprint density at radius 2 is 1.97 bits per heavy atom. The molecule has 31 heavy (non-hydrogen) atoms. The smallest absolute Gasteiger partial charge is 0.291 e. The van der Waals surface area contributed by atoms with Crippen LogP contribution in [0.3, 0.4) is 0 Å². The van der Waals surface area contributed by atoms with Crippen molar-refractivity contribution in [2.75, 3.05) is 5.32 Å². The number of anilines is 1. The zero-order valence-electron chi connectivity index (χ0n) is 17.2. The molecule has 2 aromatic heterocycles. The van der Waals surface area contributed by atoms with Crippen LogP contribution in [0, 0.1) is 13.8 Å². The fraction of sp³-hybridized carbons (Fsp3) is 0.217. The van der Waals surface area contributed by atoms with Gasteiger partial charge in [-0.15, -0.1) is 0 Å². The maximum atomic E-state index is 12.9. The van der Waals surface area contributed by atoms with E-state index < -0.39 is 0 Å². The number of carbonyl (C=O) groups is 2. The van der Waals surface area contributed by atoms with Crippen LogP contribution in [0.2, 0.25) is 0 Å². The zero-order valence-corrected chi connectivity index (χ0v) is 18.7. The number of amides is 2. The Morgan fingerprint density at radius 3 is 2.71 bits per heavy atom. The standard InChI is InChI=1S/C23H21BrN4O3/c1-13-9-10-16(15(24)12-13)26-23(30)21-14(2)20-17(7-5-8-19(20)31-21)27-28-22(29)18-6-3-4-11-25-18/h3-4,6,9-12H,5,7-8H2,1-2H3,(H,26,30)(H,28,29)/b27-17+. The van der Waals surface area contributed by atoms with Crippen molar-refractivity contribution >= 4 is 39.1 Å². The number of carbonyl (C=O) groups excluding carboxylic acids is 2. The number of pyridine rings is 1. The Morgan fingerprint density at radius 1 is 1.13 bits per heavy atom. The van der Waals surface area contributed by atoms with Gasteiger partial charge in [-0.2, -0.15) is 5.10 Å². The number of nitrogens with one attached hydrogen (secondary N) is 2. The van der Waals surface area contributed by atoms with Crippen LogP contribution in [0.4, 0.5) is 5.69 Å². The van der Waals surface area contributed by atoms with Crippen LogP contribution in [0.25, 0.3) is 0 Å². The number of nitrogens with zero attached hydrogens (tertiary/aromatic N) is 2. The minimum atomic E-state index is -0.386. The topological polar surface area (TPSA) is 96.6 Å². The number of rotatable bonds is 4. The Kier molecular flexibility index (Phi) is 5.99. The lowest BCUT2D eigenvalue weighted by molar-refractivity contribution is 0.0948. The van der Waals surface area contributed by atoms with Crippen LogP contribution in [-0.2, 0) is 6.42 Å². The summed E-state index contributed by atoms with van der Waals surface area (Å²) in [6.45, 7) is 3.82. The van der Waals surface area contributed by atoms with Crippen LogP contribution >= 0.6 is 15.9 Å². The van der Waals surface area contributed by atoms with E-state index in [1.807, 2.05) is 32.0 Å². The van der Waals surface area contributed by atoms with E-state index >= 15 is 0 Å². The molecule has 0 saturated carbocycles. The molecule has 4 rings (SSSR count). The van der Waals surface area contributed by atoms with Gasteiger partial charge in [0, 0.05) is 28.2 Å². The summed E-state index contributed by atoms with van der Waals surface area (Å²) in [7, 11) is 0. The van der Waals surface area contributed by atoms with Gasteiger partial charge in [0.2, 0.25) is 0 Å². The van der Waals surface area contributed by atoms with Crippen LogP contribution in [0.1, 0.15) is 56.3 Å².